The van der Waals surface area contributed by atoms with Gasteiger partial charge in [-0.2, -0.15) is 0 Å². The Labute approximate surface area is 82.5 Å². The third-order valence-corrected chi connectivity index (χ3v) is 3.25. The van der Waals surface area contributed by atoms with E-state index in [1.807, 2.05) is 0 Å². The molecule has 1 aliphatic rings. The lowest BCUT2D eigenvalue weighted by Gasteiger charge is -2.34. The minimum absolute atomic E-state index is 0.448. The van der Waals surface area contributed by atoms with Crippen molar-refractivity contribution in [3.8, 4) is 0 Å². The van der Waals surface area contributed by atoms with E-state index in [1.54, 1.807) is 0 Å². The predicted molar refractivity (Wildman–Crippen MR) is 57.7 cm³/mol. The highest BCUT2D eigenvalue weighted by molar-refractivity contribution is 4.78. The van der Waals surface area contributed by atoms with Gasteiger partial charge in [-0.05, 0) is 51.2 Å². The van der Waals surface area contributed by atoms with Crippen LogP contribution in [0.15, 0.2) is 0 Å². The molecule has 0 aromatic carbocycles. The number of piperidine rings is 1. The molecule has 0 spiro atoms. The smallest absolute Gasteiger partial charge is 0.00654 e. The van der Waals surface area contributed by atoms with Crippen molar-refractivity contribution in [2.24, 2.45) is 11.7 Å². The van der Waals surface area contributed by atoms with Crippen LogP contribution in [0.5, 0.6) is 0 Å². The van der Waals surface area contributed by atoms with Gasteiger partial charge in [0.2, 0.25) is 0 Å². The number of likely N-dealkylation sites (tertiary alicyclic amines) is 1. The zero-order valence-corrected chi connectivity index (χ0v) is 9.13. The van der Waals surface area contributed by atoms with Gasteiger partial charge < -0.3 is 10.6 Å². The van der Waals surface area contributed by atoms with E-state index in [9.17, 15) is 0 Å². The normalized spacial score (nSPS) is 23.3. The van der Waals surface area contributed by atoms with Crippen molar-refractivity contribution >= 4 is 0 Å². The van der Waals surface area contributed by atoms with Crippen molar-refractivity contribution in [2.45, 2.75) is 45.6 Å². The summed E-state index contributed by atoms with van der Waals surface area (Å²) in [5, 5.41) is 0. The van der Waals surface area contributed by atoms with E-state index in [-0.39, 0.29) is 0 Å². The largest absolute Gasteiger partial charge is 0.327 e. The molecule has 13 heavy (non-hydrogen) atoms. The van der Waals surface area contributed by atoms with Gasteiger partial charge >= 0.3 is 0 Å². The van der Waals surface area contributed by atoms with Crippen LogP contribution >= 0.6 is 0 Å². The molecule has 1 heterocycles. The predicted octanol–water partition coefficient (Wildman–Crippen LogP) is 1.85. The molecule has 78 valence electrons. The fourth-order valence-corrected chi connectivity index (χ4v) is 2.25. The summed E-state index contributed by atoms with van der Waals surface area (Å²) in [6, 6.07) is 0.448. The Hall–Kier alpha value is -0.0800. The quantitative estimate of drug-likeness (QED) is 0.722. The standard InChI is InChI=1S/C11H24N2/c1-3-7-13-8-5-10(6-9-13)11(12)4-2/h10-11H,3-9,12H2,1-2H3. The van der Waals surface area contributed by atoms with Crippen molar-refractivity contribution in [3.05, 3.63) is 0 Å². The monoisotopic (exact) mass is 184 g/mol. The third kappa shape index (κ3) is 3.28. The molecule has 2 nitrogen and oxygen atoms in total. The molecule has 2 N–H and O–H groups in total. The summed E-state index contributed by atoms with van der Waals surface area (Å²) in [7, 11) is 0. The summed E-state index contributed by atoms with van der Waals surface area (Å²) in [5.41, 5.74) is 6.05. The van der Waals surface area contributed by atoms with Crippen molar-refractivity contribution < 1.29 is 0 Å². The van der Waals surface area contributed by atoms with Crippen molar-refractivity contribution in [3.63, 3.8) is 0 Å². The van der Waals surface area contributed by atoms with Crippen LogP contribution in [-0.2, 0) is 0 Å². The number of hydrogen-bond acceptors (Lipinski definition) is 2. The van der Waals surface area contributed by atoms with Crippen molar-refractivity contribution in [1.29, 1.82) is 0 Å². The molecule has 1 fully saturated rings. The molecule has 1 unspecified atom stereocenters. The summed E-state index contributed by atoms with van der Waals surface area (Å²) in [6.45, 7) is 8.26. The molecule has 1 saturated heterocycles. The van der Waals surface area contributed by atoms with Gasteiger partial charge in [0.25, 0.3) is 0 Å². The second-order valence-corrected chi connectivity index (χ2v) is 4.25. The second-order valence-electron chi connectivity index (χ2n) is 4.25. The molecule has 0 saturated carbocycles. The molecule has 2 heteroatoms. The minimum atomic E-state index is 0.448. The van der Waals surface area contributed by atoms with Gasteiger partial charge in [0.05, 0.1) is 0 Å². The average molecular weight is 184 g/mol. The lowest BCUT2D eigenvalue weighted by molar-refractivity contribution is 0.168. The van der Waals surface area contributed by atoms with E-state index in [1.165, 1.54) is 38.9 Å². The van der Waals surface area contributed by atoms with E-state index in [0.717, 1.165) is 12.3 Å². The Morgan fingerprint density at radius 1 is 1.31 bits per heavy atom. The third-order valence-electron chi connectivity index (χ3n) is 3.25. The molecular formula is C11H24N2. The van der Waals surface area contributed by atoms with Crippen LogP contribution in [0.3, 0.4) is 0 Å². The van der Waals surface area contributed by atoms with Gasteiger partial charge in [-0.25, -0.2) is 0 Å². The van der Waals surface area contributed by atoms with E-state index in [0.29, 0.717) is 6.04 Å². The minimum Gasteiger partial charge on any atom is -0.327 e. The molecular weight excluding hydrogens is 160 g/mol. The fourth-order valence-electron chi connectivity index (χ4n) is 2.25. The topological polar surface area (TPSA) is 29.3 Å². The molecule has 0 aromatic rings. The first kappa shape index (κ1) is 11.0. The van der Waals surface area contributed by atoms with Crippen LogP contribution < -0.4 is 5.73 Å². The fraction of sp³-hybridized carbons (Fsp3) is 1.00. The van der Waals surface area contributed by atoms with E-state index in [4.69, 9.17) is 5.73 Å². The molecule has 1 rings (SSSR count). The van der Waals surface area contributed by atoms with Crippen LogP contribution in [0.2, 0.25) is 0 Å². The molecule has 0 radical (unpaired) electrons. The molecule has 0 amide bonds. The number of hydrogen-bond donors (Lipinski definition) is 1. The lowest BCUT2D eigenvalue weighted by Crippen LogP contribution is -2.40. The summed E-state index contributed by atoms with van der Waals surface area (Å²) in [6.07, 6.45) is 5.05. The Bertz CT molecular complexity index is 128. The van der Waals surface area contributed by atoms with Crippen LogP contribution in [0.25, 0.3) is 0 Å². The highest BCUT2D eigenvalue weighted by atomic mass is 15.1. The van der Waals surface area contributed by atoms with Crippen LogP contribution in [-0.4, -0.2) is 30.6 Å². The van der Waals surface area contributed by atoms with Gasteiger partial charge in [0.1, 0.15) is 0 Å². The first-order valence-electron chi connectivity index (χ1n) is 5.75. The Balaban J connectivity index is 2.22. The van der Waals surface area contributed by atoms with Gasteiger partial charge in [0, 0.05) is 6.04 Å². The molecule has 1 aliphatic heterocycles. The van der Waals surface area contributed by atoms with Gasteiger partial charge in [-0.3, -0.25) is 0 Å². The maximum Gasteiger partial charge on any atom is 0.00654 e. The number of rotatable bonds is 4. The number of nitrogens with two attached hydrogens (primary N) is 1. The van der Waals surface area contributed by atoms with E-state index < -0.39 is 0 Å². The van der Waals surface area contributed by atoms with Gasteiger partial charge in [-0.15, -0.1) is 0 Å². The molecule has 0 bridgehead atoms. The summed E-state index contributed by atoms with van der Waals surface area (Å²) < 4.78 is 0. The SMILES string of the molecule is CCCN1CCC(C(N)CC)CC1. The van der Waals surface area contributed by atoms with E-state index in [2.05, 4.69) is 18.7 Å². The van der Waals surface area contributed by atoms with E-state index >= 15 is 0 Å². The van der Waals surface area contributed by atoms with Crippen molar-refractivity contribution in [1.82, 2.24) is 4.90 Å². The average Bonchev–Trinajstić information content (AvgIpc) is 2.18. The first-order valence-corrected chi connectivity index (χ1v) is 5.75. The molecule has 0 aliphatic carbocycles. The number of nitrogens with zero attached hydrogens (tertiary/aromatic N) is 1. The van der Waals surface area contributed by atoms with Crippen LogP contribution in [0, 0.1) is 5.92 Å². The van der Waals surface area contributed by atoms with Crippen LogP contribution in [0.4, 0.5) is 0 Å². The second kappa shape index (κ2) is 5.61. The molecule has 1 atom stereocenters. The Morgan fingerprint density at radius 2 is 1.92 bits per heavy atom. The Kier molecular flexibility index (Phi) is 4.74. The highest BCUT2D eigenvalue weighted by Crippen LogP contribution is 2.20. The van der Waals surface area contributed by atoms with Gasteiger partial charge in [0.15, 0.2) is 0 Å². The Morgan fingerprint density at radius 3 is 2.38 bits per heavy atom. The summed E-state index contributed by atoms with van der Waals surface area (Å²) >= 11 is 0. The van der Waals surface area contributed by atoms with Gasteiger partial charge in [-0.1, -0.05) is 13.8 Å². The summed E-state index contributed by atoms with van der Waals surface area (Å²) in [5.74, 6) is 0.790. The van der Waals surface area contributed by atoms with Crippen molar-refractivity contribution in [2.75, 3.05) is 19.6 Å². The zero-order valence-electron chi connectivity index (χ0n) is 9.13. The molecule has 0 aromatic heterocycles. The maximum atomic E-state index is 6.05. The maximum absolute atomic E-state index is 6.05. The first-order chi connectivity index (χ1) is 6.27. The lowest BCUT2D eigenvalue weighted by atomic mass is 9.88. The highest BCUT2D eigenvalue weighted by Gasteiger charge is 2.22. The zero-order chi connectivity index (χ0) is 9.68. The summed E-state index contributed by atoms with van der Waals surface area (Å²) in [4.78, 5) is 2.57. The van der Waals surface area contributed by atoms with Crippen LogP contribution in [0.1, 0.15) is 39.5 Å².